The molecule has 0 aliphatic rings. The molecule has 0 fully saturated rings. The number of thiophene rings is 1. The molecular weight excluding hydrogens is 335 g/mol. The number of nitrogens with zero attached hydrogens (tertiary/aromatic N) is 1. The third-order valence-corrected chi connectivity index (χ3v) is 4.36. The summed E-state index contributed by atoms with van der Waals surface area (Å²) in [4.78, 5) is 11.3. The Bertz CT molecular complexity index is 618. The molecule has 0 saturated carbocycles. The van der Waals surface area contributed by atoms with Gasteiger partial charge in [-0.1, -0.05) is 0 Å². The molecule has 19 heavy (non-hydrogen) atoms. The number of benzene rings is 1. The summed E-state index contributed by atoms with van der Waals surface area (Å²) in [6.45, 7) is 1.89. The Balaban J connectivity index is 2.26. The van der Waals surface area contributed by atoms with Gasteiger partial charge in [-0.25, -0.2) is 4.39 Å². The Labute approximate surface area is 121 Å². The number of nitro groups is 1. The number of hydrogen-bond donors (Lipinski definition) is 1. The van der Waals surface area contributed by atoms with Crippen LogP contribution in [0.25, 0.3) is 0 Å². The second kappa shape index (κ2) is 5.66. The van der Waals surface area contributed by atoms with Crippen molar-refractivity contribution in [1.82, 2.24) is 0 Å². The van der Waals surface area contributed by atoms with Crippen molar-refractivity contribution < 1.29 is 9.31 Å². The van der Waals surface area contributed by atoms with Crippen LogP contribution in [0.15, 0.2) is 34.1 Å². The highest BCUT2D eigenvalue weighted by Crippen LogP contribution is 2.32. The van der Waals surface area contributed by atoms with Gasteiger partial charge in [0.15, 0.2) is 0 Å². The molecule has 1 unspecified atom stereocenters. The van der Waals surface area contributed by atoms with Gasteiger partial charge >= 0.3 is 0 Å². The van der Waals surface area contributed by atoms with E-state index >= 15 is 0 Å². The SMILES string of the molecule is CC(Nc1ccc(F)cc1[N+](=O)[O-])c1ccc(Br)s1. The highest BCUT2D eigenvalue weighted by atomic mass is 79.9. The molecule has 1 aromatic carbocycles. The Hall–Kier alpha value is -1.47. The Kier molecular flexibility index (Phi) is 4.16. The zero-order valence-corrected chi connectivity index (χ0v) is 12.3. The van der Waals surface area contributed by atoms with Crippen LogP contribution in [-0.2, 0) is 0 Å². The van der Waals surface area contributed by atoms with Gasteiger partial charge in [0.1, 0.15) is 11.5 Å². The van der Waals surface area contributed by atoms with Gasteiger partial charge in [-0.3, -0.25) is 10.1 Å². The van der Waals surface area contributed by atoms with E-state index in [1.165, 1.54) is 12.1 Å². The van der Waals surface area contributed by atoms with Gasteiger partial charge < -0.3 is 5.32 Å². The topological polar surface area (TPSA) is 55.2 Å². The summed E-state index contributed by atoms with van der Waals surface area (Å²) >= 11 is 4.91. The van der Waals surface area contributed by atoms with Crippen LogP contribution < -0.4 is 5.32 Å². The van der Waals surface area contributed by atoms with Gasteiger partial charge in [0, 0.05) is 4.88 Å². The highest BCUT2D eigenvalue weighted by Gasteiger charge is 2.17. The molecule has 0 amide bonds. The van der Waals surface area contributed by atoms with Crippen LogP contribution in [0, 0.1) is 15.9 Å². The van der Waals surface area contributed by atoms with E-state index in [1.54, 1.807) is 11.3 Å². The molecule has 1 atom stereocenters. The first-order valence-electron chi connectivity index (χ1n) is 5.43. The van der Waals surface area contributed by atoms with E-state index < -0.39 is 10.7 Å². The van der Waals surface area contributed by atoms with Crippen molar-refractivity contribution in [3.05, 3.63) is 54.9 Å². The smallest absolute Gasteiger partial charge is 0.295 e. The van der Waals surface area contributed by atoms with Crippen molar-refractivity contribution >= 4 is 38.6 Å². The van der Waals surface area contributed by atoms with Crippen molar-refractivity contribution in [2.75, 3.05) is 5.32 Å². The normalized spacial score (nSPS) is 12.2. The monoisotopic (exact) mass is 344 g/mol. The number of halogens is 2. The maximum Gasteiger partial charge on any atom is 0.295 e. The van der Waals surface area contributed by atoms with E-state index in [-0.39, 0.29) is 11.7 Å². The van der Waals surface area contributed by atoms with Crippen molar-refractivity contribution in [3.63, 3.8) is 0 Å². The molecule has 1 N–H and O–H groups in total. The summed E-state index contributed by atoms with van der Waals surface area (Å²) in [5, 5.41) is 13.9. The molecule has 100 valence electrons. The largest absolute Gasteiger partial charge is 0.372 e. The van der Waals surface area contributed by atoms with Crippen molar-refractivity contribution in [3.8, 4) is 0 Å². The number of rotatable bonds is 4. The van der Waals surface area contributed by atoms with Crippen LogP contribution in [0.2, 0.25) is 0 Å². The number of anilines is 1. The fourth-order valence-corrected chi connectivity index (χ4v) is 3.07. The molecule has 0 aliphatic heterocycles. The molecule has 0 bridgehead atoms. The van der Waals surface area contributed by atoms with E-state index in [9.17, 15) is 14.5 Å². The minimum atomic E-state index is -0.622. The fraction of sp³-hybridized carbons (Fsp3) is 0.167. The molecular formula is C12H10BrFN2O2S. The van der Waals surface area contributed by atoms with E-state index in [0.29, 0.717) is 5.69 Å². The van der Waals surface area contributed by atoms with Crippen molar-refractivity contribution in [2.24, 2.45) is 0 Å². The Morgan fingerprint density at radius 3 is 2.74 bits per heavy atom. The second-order valence-electron chi connectivity index (χ2n) is 3.93. The zero-order chi connectivity index (χ0) is 14.0. The number of nitro benzene ring substituents is 1. The maximum atomic E-state index is 13.0. The highest BCUT2D eigenvalue weighted by molar-refractivity contribution is 9.11. The number of nitrogens with one attached hydrogen (secondary N) is 1. The standard InChI is InChI=1S/C12H10BrFN2O2S/c1-7(11-4-5-12(13)19-11)15-9-3-2-8(14)6-10(9)16(17)18/h2-7,15H,1H3. The van der Waals surface area contributed by atoms with E-state index in [4.69, 9.17) is 0 Å². The molecule has 2 aromatic rings. The molecule has 0 radical (unpaired) electrons. The molecule has 0 spiro atoms. The lowest BCUT2D eigenvalue weighted by Gasteiger charge is -2.13. The molecule has 4 nitrogen and oxygen atoms in total. The molecule has 2 rings (SSSR count). The zero-order valence-electron chi connectivity index (χ0n) is 9.89. The lowest BCUT2D eigenvalue weighted by Crippen LogP contribution is -2.07. The third-order valence-electron chi connectivity index (χ3n) is 2.55. The van der Waals surface area contributed by atoms with Crippen LogP contribution in [0.5, 0.6) is 0 Å². The van der Waals surface area contributed by atoms with E-state index in [2.05, 4.69) is 21.2 Å². The lowest BCUT2D eigenvalue weighted by atomic mass is 10.2. The summed E-state index contributed by atoms with van der Waals surface area (Å²) in [5.41, 5.74) is 0.0471. The van der Waals surface area contributed by atoms with Gasteiger partial charge in [0.2, 0.25) is 0 Å². The predicted molar refractivity (Wildman–Crippen MR) is 77.1 cm³/mol. The Morgan fingerprint density at radius 2 is 2.16 bits per heavy atom. The van der Waals surface area contributed by atoms with Gasteiger partial charge in [0.05, 0.1) is 20.8 Å². The van der Waals surface area contributed by atoms with E-state index in [0.717, 1.165) is 14.7 Å². The third kappa shape index (κ3) is 3.30. The van der Waals surface area contributed by atoms with Gasteiger partial charge in [-0.15, -0.1) is 11.3 Å². The molecule has 7 heteroatoms. The summed E-state index contributed by atoms with van der Waals surface area (Å²) in [7, 11) is 0. The fourth-order valence-electron chi connectivity index (χ4n) is 1.64. The van der Waals surface area contributed by atoms with Crippen LogP contribution in [0.1, 0.15) is 17.8 Å². The minimum absolute atomic E-state index is 0.0968. The van der Waals surface area contributed by atoms with Crippen LogP contribution in [-0.4, -0.2) is 4.92 Å². The molecule has 0 saturated heterocycles. The maximum absolute atomic E-state index is 13.0. The minimum Gasteiger partial charge on any atom is -0.372 e. The van der Waals surface area contributed by atoms with Crippen molar-refractivity contribution in [1.29, 1.82) is 0 Å². The van der Waals surface area contributed by atoms with Crippen LogP contribution in [0.3, 0.4) is 0 Å². The second-order valence-corrected chi connectivity index (χ2v) is 6.42. The number of hydrogen-bond acceptors (Lipinski definition) is 4. The summed E-state index contributed by atoms with van der Waals surface area (Å²) in [6, 6.07) is 7.25. The van der Waals surface area contributed by atoms with Crippen LogP contribution in [0.4, 0.5) is 15.8 Å². The van der Waals surface area contributed by atoms with Gasteiger partial charge in [0.25, 0.3) is 5.69 Å². The summed E-state index contributed by atoms with van der Waals surface area (Å²) < 4.78 is 14.0. The average Bonchev–Trinajstić information content (AvgIpc) is 2.78. The lowest BCUT2D eigenvalue weighted by molar-refractivity contribution is -0.384. The Morgan fingerprint density at radius 1 is 1.42 bits per heavy atom. The first-order chi connectivity index (χ1) is 8.97. The quantitative estimate of drug-likeness (QED) is 0.644. The molecule has 0 aliphatic carbocycles. The summed E-state index contributed by atoms with van der Waals surface area (Å²) in [5.74, 6) is -0.622. The molecule has 1 heterocycles. The summed E-state index contributed by atoms with van der Waals surface area (Å²) in [6.07, 6.45) is 0. The first kappa shape index (κ1) is 14.0. The predicted octanol–water partition coefficient (Wildman–Crippen LogP) is 4.73. The van der Waals surface area contributed by atoms with Gasteiger partial charge in [-0.05, 0) is 47.1 Å². The van der Waals surface area contributed by atoms with Crippen molar-refractivity contribution in [2.45, 2.75) is 13.0 Å². The van der Waals surface area contributed by atoms with Crippen LogP contribution >= 0.6 is 27.3 Å². The van der Waals surface area contributed by atoms with Gasteiger partial charge in [-0.2, -0.15) is 0 Å². The average molecular weight is 345 g/mol. The first-order valence-corrected chi connectivity index (χ1v) is 7.04. The molecule has 1 aromatic heterocycles. The van der Waals surface area contributed by atoms with E-state index in [1.807, 2.05) is 19.1 Å².